The van der Waals surface area contributed by atoms with Crippen molar-refractivity contribution in [1.29, 1.82) is 0 Å². The van der Waals surface area contributed by atoms with Crippen LogP contribution in [-0.2, 0) is 4.79 Å². The van der Waals surface area contributed by atoms with Crippen molar-refractivity contribution in [2.24, 2.45) is 23.0 Å². The first-order chi connectivity index (χ1) is 8.78. The third-order valence-electron chi connectivity index (χ3n) is 4.56. The van der Waals surface area contributed by atoms with Gasteiger partial charge in [-0.15, -0.1) is 0 Å². The van der Waals surface area contributed by atoms with Gasteiger partial charge in [-0.25, -0.2) is 0 Å². The Morgan fingerprint density at radius 2 is 1.84 bits per heavy atom. The minimum absolute atomic E-state index is 0.0508. The van der Waals surface area contributed by atoms with Crippen molar-refractivity contribution in [2.75, 3.05) is 13.6 Å². The van der Waals surface area contributed by atoms with Crippen molar-refractivity contribution in [3.63, 3.8) is 0 Å². The molecule has 0 aromatic carbocycles. The van der Waals surface area contributed by atoms with Crippen LogP contribution in [0.4, 0.5) is 0 Å². The summed E-state index contributed by atoms with van der Waals surface area (Å²) in [7, 11) is 1.94. The monoisotopic (exact) mass is 268 g/mol. The zero-order valence-corrected chi connectivity index (χ0v) is 13.4. The summed E-state index contributed by atoms with van der Waals surface area (Å²) in [5.74, 6) is 1.43. The van der Waals surface area contributed by atoms with Crippen molar-refractivity contribution in [3.8, 4) is 0 Å². The highest BCUT2D eigenvalue weighted by atomic mass is 16.2. The van der Waals surface area contributed by atoms with Gasteiger partial charge in [0.05, 0.1) is 0 Å². The molecule has 0 saturated heterocycles. The highest BCUT2D eigenvalue weighted by Crippen LogP contribution is 2.47. The van der Waals surface area contributed by atoms with Crippen LogP contribution in [0.15, 0.2) is 0 Å². The van der Waals surface area contributed by atoms with Gasteiger partial charge < -0.3 is 10.6 Å². The molecule has 3 heteroatoms. The first-order valence-electron chi connectivity index (χ1n) is 7.79. The Morgan fingerprint density at radius 3 is 2.21 bits per heavy atom. The standard InChI is InChI=1S/C16H32N2O/c1-12(2)11-16(8-6-9-16)15(19)18(5)10-7-14(17)13(3)4/h12-14H,6-11,17H2,1-5H3. The van der Waals surface area contributed by atoms with Gasteiger partial charge in [0.25, 0.3) is 0 Å². The number of hydrogen-bond acceptors (Lipinski definition) is 2. The van der Waals surface area contributed by atoms with Crippen LogP contribution in [0.1, 0.15) is 59.8 Å². The maximum atomic E-state index is 12.7. The second-order valence-corrected chi connectivity index (χ2v) is 7.16. The summed E-state index contributed by atoms with van der Waals surface area (Å²) in [5, 5.41) is 0. The van der Waals surface area contributed by atoms with Gasteiger partial charge in [-0.1, -0.05) is 34.1 Å². The Balaban J connectivity index is 2.51. The number of carbonyl (C=O) groups is 1. The van der Waals surface area contributed by atoms with Gasteiger partial charge in [-0.3, -0.25) is 4.79 Å². The fourth-order valence-electron chi connectivity index (χ4n) is 3.07. The summed E-state index contributed by atoms with van der Waals surface area (Å²) in [6.45, 7) is 9.49. The molecule has 1 unspecified atom stereocenters. The van der Waals surface area contributed by atoms with Crippen molar-refractivity contribution >= 4 is 5.91 Å². The smallest absolute Gasteiger partial charge is 0.228 e. The molecule has 0 spiro atoms. The quantitative estimate of drug-likeness (QED) is 0.771. The summed E-state index contributed by atoms with van der Waals surface area (Å²) in [6.07, 6.45) is 5.29. The Kier molecular flexibility index (Phi) is 5.84. The van der Waals surface area contributed by atoms with E-state index >= 15 is 0 Å². The molecule has 1 aliphatic rings. The third kappa shape index (κ3) is 4.20. The van der Waals surface area contributed by atoms with Gasteiger partial charge in [0.2, 0.25) is 5.91 Å². The molecule has 0 aromatic rings. The Morgan fingerprint density at radius 1 is 1.26 bits per heavy atom. The largest absolute Gasteiger partial charge is 0.345 e. The molecule has 0 bridgehead atoms. The number of nitrogens with two attached hydrogens (primary N) is 1. The van der Waals surface area contributed by atoms with E-state index in [2.05, 4.69) is 27.7 Å². The van der Waals surface area contributed by atoms with Crippen molar-refractivity contribution in [2.45, 2.75) is 65.8 Å². The predicted molar refractivity (Wildman–Crippen MR) is 80.8 cm³/mol. The molecule has 0 heterocycles. The van der Waals surface area contributed by atoms with E-state index < -0.39 is 0 Å². The second-order valence-electron chi connectivity index (χ2n) is 7.16. The summed E-state index contributed by atoms with van der Waals surface area (Å²) < 4.78 is 0. The molecule has 1 rings (SSSR count). The van der Waals surface area contributed by atoms with Gasteiger partial charge in [-0.05, 0) is 37.5 Å². The second kappa shape index (κ2) is 6.74. The normalized spacial score (nSPS) is 19.4. The molecule has 0 radical (unpaired) electrons. The lowest BCUT2D eigenvalue weighted by Gasteiger charge is -2.44. The van der Waals surface area contributed by atoms with E-state index in [1.807, 2.05) is 11.9 Å². The zero-order valence-electron chi connectivity index (χ0n) is 13.4. The maximum Gasteiger partial charge on any atom is 0.228 e. The number of hydrogen-bond donors (Lipinski definition) is 1. The van der Waals surface area contributed by atoms with Crippen molar-refractivity contribution in [3.05, 3.63) is 0 Å². The minimum Gasteiger partial charge on any atom is -0.345 e. The molecule has 1 amide bonds. The Bertz CT molecular complexity index is 295. The van der Waals surface area contributed by atoms with Crippen molar-refractivity contribution < 1.29 is 4.79 Å². The topological polar surface area (TPSA) is 46.3 Å². The number of nitrogens with zero attached hydrogens (tertiary/aromatic N) is 1. The van der Waals surface area contributed by atoms with E-state index in [1.165, 1.54) is 6.42 Å². The molecule has 1 atom stereocenters. The molecule has 2 N–H and O–H groups in total. The molecule has 1 saturated carbocycles. The SMILES string of the molecule is CC(C)CC1(C(=O)N(C)CCC(N)C(C)C)CCC1. The highest BCUT2D eigenvalue weighted by Gasteiger charge is 2.45. The molecule has 112 valence electrons. The molecule has 0 aromatic heterocycles. The van der Waals surface area contributed by atoms with Crippen LogP contribution in [0, 0.1) is 17.3 Å². The maximum absolute atomic E-state index is 12.7. The van der Waals surface area contributed by atoms with Gasteiger partial charge in [0.15, 0.2) is 0 Å². The fraction of sp³-hybridized carbons (Fsp3) is 0.938. The van der Waals surface area contributed by atoms with E-state index in [1.54, 1.807) is 0 Å². The van der Waals surface area contributed by atoms with Crippen LogP contribution in [0.3, 0.4) is 0 Å². The Labute approximate surface area is 118 Å². The number of rotatable bonds is 7. The summed E-state index contributed by atoms with van der Waals surface area (Å²) in [4.78, 5) is 14.6. The predicted octanol–water partition coefficient (Wildman–Crippen LogP) is 3.03. The van der Waals surface area contributed by atoms with Gasteiger partial charge in [0.1, 0.15) is 0 Å². The van der Waals surface area contributed by atoms with Gasteiger partial charge in [-0.2, -0.15) is 0 Å². The summed E-state index contributed by atoms with van der Waals surface area (Å²) >= 11 is 0. The number of carbonyl (C=O) groups excluding carboxylic acids is 1. The van der Waals surface area contributed by atoms with E-state index in [9.17, 15) is 4.79 Å². The van der Waals surface area contributed by atoms with E-state index in [4.69, 9.17) is 5.73 Å². The molecule has 1 aliphatic carbocycles. The van der Waals surface area contributed by atoms with E-state index in [0.717, 1.165) is 32.2 Å². The van der Waals surface area contributed by atoms with Crippen LogP contribution in [0.5, 0.6) is 0 Å². The minimum atomic E-state index is -0.0508. The zero-order chi connectivity index (χ0) is 14.6. The fourth-order valence-corrected chi connectivity index (χ4v) is 3.07. The van der Waals surface area contributed by atoms with E-state index in [0.29, 0.717) is 17.7 Å². The average molecular weight is 268 g/mol. The van der Waals surface area contributed by atoms with Crippen LogP contribution in [0.2, 0.25) is 0 Å². The molecule has 1 fully saturated rings. The van der Waals surface area contributed by atoms with E-state index in [-0.39, 0.29) is 11.5 Å². The molecular formula is C16H32N2O. The van der Waals surface area contributed by atoms with Crippen LogP contribution in [0.25, 0.3) is 0 Å². The first-order valence-corrected chi connectivity index (χ1v) is 7.79. The lowest BCUT2D eigenvalue weighted by Crippen LogP contribution is -2.48. The lowest BCUT2D eigenvalue weighted by atomic mass is 9.63. The van der Waals surface area contributed by atoms with Crippen LogP contribution in [-0.4, -0.2) is 30.4 Å². The van der Waals surface area contributed by atoms with Crippen LogP contribution >= 0.6 is 0 Å². The Hall–Kier alpha value is -0.570. The number of amides is 1. The summed E-state index contributed by atoms with van der Waals surface area (Å²) in [6, 6.07) is 0.192. The molecule has 19 heavy (non-hydrogen) atoms. The molecular weight excluding hydrogens is 236 g/mol. The van der Waals surface area contributed by atoms with Gasteiger partial charge >= 0.3 is 0 Å². The van der Waals surface area contributed by atoms with Crippen LogP contribution < -0.4 is 5.73 Å². The third-order valence-corrected chi connectivity index (χ3v) is 4.56. The lowest BCUT2D eigenvalue weighted by molar-refractivity contribution is -0.147. The molecule has 0 aliphatic heterocycles. The summed E-state index contributed by atoms with van der Waals surface area (Å²) in [5.41, 5.74) is 6.01. The molecule has 3 nitrogen and oxygen atoms in total. The van der Waals surface area contributed by atoms with Gasteiger partial charge in [0, 0.05) is 25.0 Å². The van der Waals surface area contributed by atoms with Crippen molar-refractivity contribution in [1.82, 2.24) is 4.90 Å². The first kappa shape index (κ1) is 16.5. The highest BCUT2D eigenvalue weighted by molar-refractivity contribution is 5.83. The average Bonchev–Trinajstić information content (AvgIpc) is 2.28.